The van der Waals surface area contributed by atoms with Crippen molar-refractivity contribution in [2.75, 3.05) is 30.8 Å². The molecule has 0 aliphatic heterocycles. The third-order valence-electron chi connectivity index (χ3n) is 1.69. The lowest BCUT2D eigenvalue weighted by molar-refractivity contribution is 0.158. The second kappa shape index (κ2) is 5.43. The van der Waals surface area contributed by atoms with E-state index < -0.39 is 0 Å². The molecule has 0 amide bonds. The Hall–Kier alpha value is -1.22. The number of nitrogens with two attached hydrogens (primary N) is 1. The molecule has 0 saturated carbocycles. The Morgan fingerprint density at radius 2 is 2.00 bits per heavy atom. The summed E-state index contributed by atoms with van der Waals surface area (Å²) in [5, 5.41) is 3.23. The maximum absolute atomic E-state index is 5.55. The van der Waals surface area contributed by atoms with Gasteiger partial charge in [0, 0.05) is 24.5 Å². The molecule has 3 nitrogen and oxygen atoms in total. The molecule has 0 aliphatic carbocycles. The first-order valence-electron chi connectivity index (χ1n) is 4.50. The minimum absolute atomic E-state index is 0.737. The predicted octanol–water partition coefficient (Wildman–Crippen LogP) is 1.72. The number of rotatable bonds is 5. The van der Waals surface area contributed by atoms with Crippen LogP contribution in [0, 0.1) is 0 Å². The third kappa shape index (κ3) is 3.80. The second-order valence-corrected chi connectivity index (χ2v) is 2.75. The second-order valence-electron chi connectivity index (χ2n) is 2.75. The fourth-order valence-corrected chi connectivity index (χ4v) is 1.01. The SMILES string of the molecule is CCOCCNc1ccc(N)cc1. The molecule has 72 valence electrons. The van der Waals surface area contributed by atoms with Crippen molar-refractivity contribution in [3.05, 3.63) is 24.3 Å². The van der Waals surface area contributed by atoms with Crippen LogP contribution in [-0.4, -0.2) is 19.8 Å². The number of nitrogen functional groups attached to an aromatic ring is 1. The highest BCUT2D eigenvalue weighted by Gasteiger charge is 1.90. The lowest BCUT2D eigenvalue weighted by Gasteiger charge is -2.06. The van der Waals surface area contributed by atoms with E-state index in [1.165, 1.54) is 0 Å². The van der Waals surface area contributed by atoms with E-state index in [0.717, 1.165) is 31.1 Å². The molecule has 0 aliphatic rings. The Bertz CT molecular complexity index is 233. The molecule has 0 spiro atoms. The Balaban J connectivity index is 2.25. The van der Waals surface area contributed by atoms with Crippen LogP contribution < -0.4 is 11.1 Å². The van der Waals surface area contributed by atoms with Crippen LogP contribution in [0.3, 0.4) is 0 Å². The largest absolute Gasteiger partial charge is 0.399 e. The van der Waals surface area contributed by atoms with Gasteiger partial charge in [0.2, 0.25) is 0 Å². The van der Waals surface area contributed by atoms with Crippen LogP contribution in [0.1, 0.15) is 6.92 Å². The van der Waals surface area contributed by atoms with E-state index in [4.69, 9.17) is 10.5 Å². The van der Waals surface area contributed by atoms with Crippen LogP contribution in [0.25, 0.3) is 0 Å². The normalized spacial score (nSPS) is 9.92. The van der Waals surface area contributed by atoms with E-state index in [0.29, 0.717) is 0 Å². The predicted molar refractivity (Wildman–Crippen MR) is 55.8 cm³/mol. The highest BCUT2D eigenvalue weighted by atomic mass is 16.5. The molecule has 13 heavy (non-hydrogen) atoms. The zero-order valence-corrected chi connectivity index (χ0v) is 7.92. The molecule has 0 bridgehead atoms. The van der Waals surface area contributed by atoms with E-state index in [1.54, 1.807) is 0 Å². The first kappa shape index (κ1) is 9.86. The molecule has 0 fully saturated rings. The first-order chi connectivity index (χ1) is 6.33. The highest BCUT2D eigenvalue weighted by molar-refractivity contribution is 5.51. The van der Waals surface area contributed by atoms with Gasteiger partial charge >= 0.3 is 0 Å². The Kier molecular flexibility index (Phi) is 4.12. The van der Waals surface area contributed by atoms with Gasteiger partial charge in [0.15, 0.2) is 0 Å². The molecule has 0 radical (unpaired) electrons. The maximum atomic E-state index is 5.55. The van der Waals surface area contributed by atoms with E-state index >= 15 is 0 Å². The number of ether oxygens (including phenoxy) is 1. The minimum Gasteiger partial charge on any atom is -0.399 e. The summed E-state index contributed by atoms with van der Waals surface area (Å²) in [5.41, 5.74) is 7.42. The monoisotopic (exact) mass is 180 g/mol. The molecule has 1 aromatic carbocycles. The van der Waals surface area contributed by atoms with Gasteiger partial charge < -0.3 is 15.8 Å². The van der Waals surface area contributed by atoms with Gasteiger partial charge in [0.05, 0.1) is 6.61 Å². The van der Waals surface area contributed by atoms with E-state index in [1.807, 2.05) is 31.2 Å². The number of anilines is 2. The van der Waals surface area contributed by atoms with Gasteiger partial charge in [-0.2, -0.15) is 0 Å². The molecule has 1 rings (SSSR count). The van der Waals surface area contributed by atoms with Crippen molar-refractivity contribution < 1.29 is 4.74 Å². The van der Waals surface area contributed by atoms with E-state index in [2.05, 4.69) is 5.32 Å². The number of nitrogens with one attached hydrogen (secondary N) is 1. The Labute approximate surface area is 78.9 Å². The van der Waals surface area contributed by atoms with Gasteiger partial charge in [-0.3, -0.25) is 0 Å². The zero-order valence-electron chi connectivity index (χ0n) is 7.92. The van der Waals surface area contributed by atoms with Crippen LogP contribution in [0.2, 0.25) is 0 Å². The molecule has 0 aromatic heterocycles. The highest BCUT2D eigenvalue weighted by Crippen LogP contribution is 2.09. The fraction of sp³-hybridized carbons (Fsp3) is 0.400. The molecular formula is C10H16N2O. The lowest BCUT2D eigenvalue weighted by atomic mass is 10.3. The van der Waals surface area contributed by atoms with Gasteiger partial charge in [-0.1, -0.05) is 0 Å². The Morgan fingerprint density at radius 3 is 2.62 bits per heavy atom. The van der Waals surface area contributed by atoms with E-state index in [-0.39, 0.29) is 0 Å². The molecule has 0 saturated heterocycles. The summed E-state index contributed by atoms with van der Waals surface area (Å²) in [6.07, 6.45) is 0. The number of benzene rings is 1. The summed E-state index contributed by atoms with van der Waals surface area (Å²) in [5.74, 6) is 0. The molecule has 0 heterocycles. The topological polar surface area (TPSA) is 47.3 Å². The van der Waals surface area contributed by atoms with Crippen molar-refractivity contribution in [3.63, 3.8) is 0 Å². The summed E-state index contributed by atoms with van der Waals surface area (Å²) in [6.45, 7) is 4.32. The molecule has 0 atom stereocenters. The standard InChI is InChI=1S/C10H16N2O/c1-2-13-8-7-12-10-5-3-9(11)4-6-10/h3-6,12H,2,7-8,11H2,1H3. The molecule has 1 aromatic rings. The van der Waals surface area contributed by atoms with Gasteiger partial charge in [-0.15, -0.1) is 0 Å². The van der Waals surface area contributed by atoms with Crippen molar-refractivity contribution in [1.82, 2.24) is 0 Å². The first-order valence-corrected chi connectivity index (χ1v) is 4.50. The molecule has 0 unspecified atom stereocenters. The third-order valence-corrected chi connectivity index (χ3v) is 1.69. The summed E-state index contributed by atoms with van der Waals surface area (Å²) in [4.78, 5) is 0. The summed E-state index contributed by atoms with van der Waals surface area (Å²) < 4.78 is 5.19. The minimum atomic E-state index is 0.737. The van der Waals surface area contributed by atoms with Gasteiger partial charge in [0.25, 0.3) is 0 Å². The van der Waals surface area contributed by atoms with E-state index in [9.17, 15) is 0 Å². The molecule has 3 N–H and O–H groups in total. The van der Waals surface area contributed by atoms with Gasteiger partial charge in [-0.05, 0) is 31.2 Å². The van der Waals surface area contributed by atoms with Crippen LogP contribution in [0.5, 0.6) is 0 Å². The summed E-state index contributed by atoms with van der Waals surface area (Å²) in [7, 11) is 0. The average Bonchev–Trinajstić information content (AvgIpc) is 2.15. The lowest BCUT2D eigenvalue weighted by Crippen LogP contribution is -2.08. The van der Waals surface area contributed by atoms with Crippen molar-refractivity contribution in [2.45, 2.75) is 6.92 Å². The van der Waals surface area contributed by atoms with Gasteiger partial charge in [-0.25, -0.2) is 0 Å². The van der Waals surface area contributed by atoms with Crippen molar-refractivity contribution in [1.29, 1.82) is 0 Å². The van der Waals surface area contributed by atoms with Crippen LogP contribution in [0.4, 0.5) is 11.4 Å². The van der Waals surface area contributed by atoms with Crippen molar-refractivity contribution in [2.24, 2.45) is 0 Å². The number of hydrogen-bond acceptors (Lipinski definition) is 3. The van der Waals surface area contributed by atoms with Crippen LogP contribution in [-0.2, 0) is 4.74 Å². The average molecular weight is 180 g/mol. The van der Waals surface area contributed by atoms with Crippen LogP contribution >= 0.6 is 0 Å². The van der Waals surface area contributed by atoms with Crippen LogP contribution in [0.15, 0.2) is 24.3 Å². The molecular weight excluding hydrogens is 164 g/mol. The Morgan fingerprint density at radius 1 is 1.31 bits per heavy atom. The van der Waals surface area contributed by atoms with Crippen molar-refractivity contribution in [3.8, 4) is 0 Å². The summed E-state index contributed by atoms with van der Waals surface area (Å²) in [6, 6.07) is 7.68. The smallest absolute Gasteiger partial charge is 0.0638 e. The summed E-state index contributed by atoms with van der Waals surface area (Å²) >= 11 is 0. The fourth-order valence-electron chi connectivity index (χ4n) is 1.01. The zero-order chi connectivity index (χ0) is 9.52. The quantitative estimate of drug-likeness (QED) is 0.535. The molecule has 3 heteroatoms. The maximum Gasteiger partial charge on any atom is 0.0638 e. The van der Waals surface area contributed by atoms with Crippen molar-refractivity contribution >= 4 is 11.4 Å². The number of hydrogen-bond donors (Lipinski definition) is 2. The van der Waals surface area contributed by atoms with Gasteiger partial charge in [0.1, 0.15) is 0 Å².